The van der Waals surface area contributed by atoms with Gasteiger partial charge in [-0.3, -0.25) is 0 Å². The van der Waals surface area contributed by atoms with Gasteiger partial charge >= 0.3 is 5.97 Å². The van der Waals surface area contributed by atoms with Gasteiger partial charge in [-0.25, -0.2) is 13.6 Å². The Morgan fingerprint density at radius 3 is 2.55 bits per heavy atom. The zero-order valence-electron chi connectivity index (χ0n) is 10.8. The van der Waals surface area contributed by atoms with Gasteiger partial charge in [0.05, 0.1) is 11.3 Å². The third-order valence-corrected chi connectivity index (χ3v) is 2.96. The number of carboxylic acid groups (broad SMARTS) is 1. The molecule has 0 spiro atoms. The number of anilines is 1. The minimum Gasteiger partial charge on any atom is -0.478 e. The molecule has 0 saturated heterocycles. The third kappa shape index (κ3) is 2.93. The number of halogens is 2. The number of aryl methyl sites for hydroxylation is 1. The first-order valence-corrected chi connectivity index (χ1v) is 5.99. The van der Waals surface area contributed by atoms with Crippen LogP contribution in [-0.4, -0.2) is 11.1 Å². The van der Waals surface area contributed by atoms with E-state index < -0.39 is 11.8 Å². The fourth-order valence-electron chi connectivity index (χ4n) is 1.89. The van der Waals surface area contributed by atoms with E-state index in [1.54, 1.807) is 19.1 Å². The van der Waals surface area contributed by atoms with Crippen LogP contribution in [0, 0.1) is 18.6 Å². The highest BCUT2D eigenvalue weighted by molar-refractivity contribution is 5.87. The molecule has 0 aliphatic heterocycles. The molecule has 0 radical (unpaired) electrons. The second-order valence-electron chi connectivity index (χ2n) is 4.40. The average molecular weight is 277 g/mol. The summed E-state index contributed by atoms with van der Waals surface area (Å²) < 4.78 is 27.1. The number of carboxylic acids is 1. The number of rotatable bonds is 4. The molecule has 0 saturated carbocycles. The number of hydrogen-bond donors (Lipinski definition) is 2. The van der Waals surface area contributed by atoms with E-state index >= 15 is 0 Å². The minimum atomic E-state index is -1.31. The predicted molar refractivity (Wildman–Crippen MR) is 71.8 cm³/mol. The van der Waals surface area contributed by atoms with Crippen molar-refractivity contribution < 1.29 is 18.7 Å². The Labute approximate surface area is 114 Å². The minimum absolute atomic E-state index is 0.207. The molecular formula is C15H13F2NO2. The Morgan fingerprint density at radius 2 is 1.95 bits per heavy atom. The first-order chi connectivity index (χ1) is 9.49. The van der Waals surface area contributed by atoms with Crippen LogP contribution in [0.1, 0.15) is 21.5 Å². The molecule has 0 unspecified atom stereocenters. The lowest BCUT2D eigenvalue weighted by Gasteiger charge is -2.11. The molecule has 104 valence electrons. The van der Waals surface area contributed by atoms with Crippen LogP contribution in [-0.2, 0) is 6.54 Å². The van der Waals surface area contributed by atoms with Gasteiger partial charge in [0.1, 0.15) is 11.6 Å². The van der Waals surface area contributed by atoms with Crippen molar-refractivity contribution in [3.05, 3.63) is 64.7 Å². The molecule has 0 amide bonds. The number of carbonyl (C=O) groups is 1. The molecule has 20 heavy (non-hydrogen) atoms. The van der Waals surface area contributed by atoms with Gasteiger partial charge in [0, 0.05) is 6.54 Å². The highest BCUT2D eigenvalue weighted by Crippen LogP contribution is 2.20. The predicted octanol–water partition coefficient (Wildman–Crippen LogP) is 3.58. The van der Waals surface area contributed by atoms with Crippen LogP contribution in [0.15, 0.2) is 36.4 Å². The molecule has 2 N–H and O–H groups in total. The van der Waals surface area contributed by atoms with Gasteiger partial charge in [-0.05, 0) is 36.2 Å². The summed E-state index contributed by atoms with van der Waals surface area (Å²) >= 11 is 0. The van der Waals surface area contributed by atoms with Crippen molar-refractivity contribution in [1.82, 2.24) is 0 Å². The molecule has 2 rings (SSSR count). The van der Waals surface area contributed by atoms with E-state index in [0.29, 0.717) is 11.3 Å². The van der Waals surface area contributed by atoms with Crippen LogP contribution in [0.4, 0.5) is 14.5 Å². The van der Waals surface area contributed by atoms with E-state index in [2.05, 4.69) is 5.32 Å². The lowest BCUT2D eigenvalue weighted by Crippen LogP contribution is -2.06. The summed E-state index contributed by atoms with van der Waals surface area (Å²) in [5.74, 6) is -2.50. The topological polar surface area (TPSA) is 49.3 Å². The number of nitrogens with one attached hydrogen (secondary N) is 1. The molecule has 0 heterocycles. The van der Waals surface area contributed by atoms with Crippen molar-refractivity contribution in [3.8, 4) is 0 Å². The van der Waals surface area contributed by atoms with Crippen molar-refractivity contribution in [2.24, 2.45) is 0 Å². The summed E-state index contributed by atoms with van der Waals surface area (Å²) in [5.41, 5.74) is 1.26. The summed E-state index contributed by atoms with van der Waals surface area (Å²) in [6, 6.07) is 8.53. The zero-order chi connectivity index (χ0) is 14.7. The van der Waals surface area contributed by atoms with E-state index in [9.17, 15) is 13.6 Å². The maximum absolute atomic E-state index is 13.6. The summed E-state index contributed by atoms with van der Waals surface area (Å²) in [7, 11) is 0. The highest BCUT2D eigenvalue weighted by Gasteiger charge is 2.11. The van der Waals surface area contributed by atoms with E-state index in [0.717, 1.165) is 11.6 Å². The number of benzene rings is 2. The van der Waals surface area contributed by atoms with Gasteiger partial charge in [0.15, 0.2) is 0 Å². The number of para-hydroxylation sites is 1. The maximum Gasteiger partial charge on any atom is 0.338 e. The Balaban J connectivity index is 2.16. The van der Waals surface area contributed by atoms with Gasteiger partial charge < -0.3 is 10.4 Å². The molecule has 2 aromatic rings. The molecule has 3 nitrogen and oxygen atoms in total. The SMILES string of the molecule is Cc1cccc(F)c1NCc1ccc(C(=O)O)c(F)c1. The van der Waals surface area contributed by atoms with Crippen LogP contribution in [0.2, 0.25) is 0 Å². The fourth-order valence-corrected chi connectivity index (χ4v) is 1.89. The van der Waals surface area contributed by atoms with E-state index in [1.807, 2.05) is 0 Å². The highest BCUT2D eigenvalue weighted by atomic mass is 19.1. The fraction of sp³-hybridized carbons (Fsp3) is 0.133. The quantitative estimate of drug-likeness (QED) is 0.898. The monoisotopic (exact) mass is 277 g/mol. The Kier molecular flexibility index (Phi) is 3.98. The van der Waals surface area contributed by atoms with E-state index in [-0.39, 0.29) is 17.9 Å². The van der Waals surface area contributed by atoms with Crippen molar-refractivity contribution >= 4 is 11.7 Å². The lowest BCUT2D eigenvalue weighted by atomic mass is 10.1. The first-order valence-electron chi connectivity index (χ1n) is 5.99. The van der Waals surface area contributed by atoms with Crippen molar-refractivity contribution in [2.75, 3.05) is 5.32 Å². The molecule has 0 aliphatic rings. The van der Waals surface area contributed by atoms with E-state index in [4.69, 9.17) is 5.11 Å². The molecule has 5 heteroatoms. The summed E-state index contributed by atoms with van der Waals surface area (Å²) in [5, 5.41) is 11.6. The van der Waals surface area contributed by atoms with Gasteiger partial charge in [0.2, 0.25) is 0 Å². The summed E-state index contributed by atoms with van der Waals surface area (Å²) in [4.78, 5) is 10.7. The summed E-state index contributed by atoms with van der Waals surface area (Å²) in [6.45, 7) is 1.97. The normalized spacial score (nSPS) is 10.3. The Bertz CT molecular complexity index is 636. The van der Waals surface area contributed by atoms with Gasteiger partial charge in [0.25, 0.3) is 0 Å². The average Bonchev–Trinajstić information content (AvgIpc) is 2.37. The van der Waals surface area contributed by atoms with Gasteiger partial charge in [-0.15, -0.1) is 0 Å². The zero-order valence-corrected chi connectivity index (χ0v) is 10.8. The Morgan fingerprint density at radius 1 is 1.20 bits per heavy atom. The second-order valence-corrected chi connectivity index (χ2v) is 4.40. The second kappa shape index (κ2) is 5.69. The maximum atomic E-state index is 13.6. The van der Waals surface area contributed by atoms with Crippen LogP contribution in [0.25, 0.3) is 0 Å². The smallest absolute Gasteiger partial charge is 0.338 e. The number of aromatic carboxylic acids is 1. The van der Waals surface area contributed by atoms with Crippen LogP contribution >= 0.6 is 0 Å². The molecule has 0 bridgehead atoms. The summed E-state index contributed by atoms with van der Waals surface area (Å²) in [6.07, 6.45) is 0. The van der Waals surface area contributed by atoms with Crippen molar-refractivity contribution in [2.45, 2.75) is 13.5 Å². The number of hydrogen-bond acceptors (Lipinski definition) is 2. The molecule has 0 fully saturated rings. The lowest BCUT2D eigenvalue weighted by molar-refractivity contribution is 0.0692. The van der Waals surface area contributed by atoms with Crippen molar-refractivity contribution in [3.63, 3.8) is 0 Å². The molecule has 0 aromatic heterocycles. The van der Waals surface area contributed by atoms with Crippen LogP contribution in [0.5, 0.6) is 0 Å². The van der Waals surface area contributed by atoms with Crippen LogP contribution in [0.3, 0.4) is 0 Å². The largest absolute Gasteiger partial charge is 0.478 e. The first kappa shape index (κ1) is 14.0. The molecule has 0 aliphatic carbocycles. The van der Waals surface area contributed by atoms with Crippen molar-refractivity contribution in [1.29, 1.82) is 0 Å². The Hall–Kier alpha value is -2.43. The van der Waals surface area contributed by atoms with Gasteiger partial charge in [-0.1, -0.05) is 18.2 Å². The van der Waals surface area contributed by atoms with Crippen LogP contribution < -0.4 is 5.32 Å². The van der Waals surface area contributed by atoms with Gasteiger partial charge in [-0.2, -0.15) is 0 Å². The molecule has 2 aromatic carbocycles. The molecule has 0 atom stereocenters. The standard InChI is InChI=1S/C15H13F2NO2/c1-9-3-2-4-12(16)14(9)18-8-10-5-6-11(15(19)20)13(17)7-10/h2-7,18H,8H2,1H3,(H,19,20). The van der Waals surface area contributed by atoms with E-state index in [1.165, 1.54) is 18.2 Å². The third-order valence-electron chi connectivity index (χ3n) is 2.96. The molecular weight excluding hydrogens is 264 g/mol.